The summed E-state index contributed by atoms with van der Waals surface area (Å²) in [5, 5.41) is 2.97. The van der Waals surface area contributed by atoms with Gasteiger partial charge in [-0.3, -0.25) is 4.79 Å². The van der Waals surface area contributed by atoms with E-state index in [4.69, 9.17) is 16.3 Å². The number of halogens is 2. The highest BCUT2D eigenvalue weighted by Crippen LogP contribution is 2.31. The molecule has 0 saturated heterocycles. The summed E-state index contributed by atoms with van der Waals surface area (Å²) in [5.41, 5.74) is 0.255. The number of hydrogen-bond acceptors (Lipinski definition) is 2. The first kappa shape index (κ1) is 14.1. The fourth-order valence-electron chi connectivity index (χ4n) is 2.41. The average molecular weight is 286 g/mol. The first-order valence-corrected chi connectivity index (χ1v) is 6.84. The van der Waals surface area contributed by atoms with E-state index < -0.39 is 5.82 Å². The number of methoxy groups -OCH3 is 1. The molecule has 0 atom stereocenters. The maximum atomic E-state index is 13.4. The predicted molar refractivity (Wildman–Crippen MR) is 72.3 cm³/mol. The molecular formula is C14H17ClFNO2. The van der Waals surface area contributed by atoms with Gasteiger partial charge in [0, 0.05) is 6.04 Å². The summed E-state index contributed by atoms with van der Waals surface area (Å²) in [5.74, 6) is -0.921. The van der Waals surface area contributed by atoms with Crippen molar-refractivity contribution in [3.05, 3.63) is 28.5 Å². The van der Waals surface area contributed by atoms with Crippen molar-refractivity contribution in [3.63, 3.8) is 0 Å². The third-order valence-electron chi connectivity index (χ3n) is 3.44. The van der Waals surface area contributed by atoms with E-state index in [-0.39, 0.29) is 28.3 Å². The molecule has 0 aliphatic heterocycles. The summed E-state index contributed by atoms with van der Waals surface area (Å²) in [6.45, 7) is 0. The summed E-state index contributed by atoms with van der Waals surface area (Å²) >= 11 is 6.00. The molecule has 1 fully saturated rings. The van der Waals surface area contributed by atoms with E-state index in [0.717, 1.165) is 25.7 Å². The van der Waals surface area contributed by atoms with Gasteiger partial charge in [0.1, 0.15) is 0 Å². The van der Waals surface area contributed by atoms with E-state index in [0.29, 0.717) is 0 Å². The van der Waals surface area contributed by atoms with Crippen LogP contribution in [0.3, 0.4) is 0 Å². The van der Waals surface area contributed by atoms with Crippen LogP contribution < -0.4 is 10.1 Å². The van der Waals surface area contributed by atoms with E-state index >= 15 is 0 Å². The molecule has 1 saturated carbocycles. The summed E-state index contributed by atoms with van der Waals surface area (Å²) in [7, 11) is 1.33. The molecular weight excluding hydrogens is 269 g/mol. The molecule has 0 radical (unpaired) electrons. The number of rotatable bonds is 3. The van der Waals surface area contributed by atoms with E-state index in [1.165, 1.54) is 25.7 Å². The lowest BCUT2D eigenvalue weighted by Crippen LogP contribution is -2.36. The van der Waals surface area contributed by atoms with Crippen LogP contribution in [0.5, 0.6) is 5.75 Å². The van der Waals surface area contributed by atoms with Gasteiger partial charge in [-0.1, -0.05) is 30.9 Å². The van der Waals surface area contributed by atoms with Gasteiger partial charge in [-0.2, -0.15) is 0 Å². The second-order valence-electron chi connectivity index (χ2n) is 4.75. The minimum atomic E-state index is -0.568. The van der Waals surface area contributed by atoms with Crippen molar-refractivity contribution >= 4 is 17.5 Å². The van der Waals surface area contributed by atoms with E-state index in [1.807, 2.05) is 0 Å². The molecule has 3 nitrogen and oxygen atoms in total. The quantitative estimate of drug-likeness (QED) is 0.922. The van der Waals surface area contributed by atoms with Gasteiger partial charge in [0.15, 0.2) is 11.6 Å². The molecule has 1 aromatic rings. The van der Waals surface area contributed by atoms with Gasteiger partial charge in [-0.05, 0) is 25.0 Å². The lowest BCUT2D eigenvalue weighted by atomic mass is 9.95. The smallest absolute Gasteiger partial charge is 0.253 e. The Kier molecular flexibility index (Phi) is 4.64. The predicted octanol–water partition coefficient (Wildman–Crippen LogP) is 3.55. The molecule has 1 amide bonds. The number of nitrogens with one attached hydrogen (secondary N) is 1. The molecule has 1 aliphatic carbocycles. The maximum absolute atomic E-state index is 13.4. The lowest BCUT2D eigenvalue weighted by Gasteiger charge is -2.23. The molecule has 104 valence electrons. The summed E-state index contributed by atoms with van der Waals surface area (Å²) in [6, 6.07) is 2.77. The highest BCUT2D eigenvalue weighted by Gasteiger charge is 2.21. The van der Waals surface area contributed by atoms with Crippen molar-refractivity contribution in [3.8, 4) is 5.75 Å². The Morgan fingerprint density at radius 2 is 2.05 bits per heavy atom. The third kappa shape index (κ3) is 3.18. The Balaban J connectivity index is 2.14. The van der Waals surface area contributed by atoms with Crippen LogP contribution in [0, 0.1) is 5.82 Å². The Hall–Kier alpha value is -1.29. The number of carbonyl (C=O) groups excluding carboxylic acids is 1. The van der Waals surface area contributed by atoms with E-state index in [1.54, 1.807) is 0 Å². The normalized spacial score (nSPS) is 16.2. The number of carbonyl (C=O) groups is 1. The number of benzene rings is 1. The van der Waals surface area contributed by atoms with Crippen molar-refractivity contribution in [2.24, 2.45) is 0 Å². The summed E-state index contributed by atoms with van der Waals surface area (Å²) in [4.78, 5) is 12.1. The van der Waals surface area contributed by atoms with Crippen LogP contribution in [0.25, 0.3) is 0 Å². The second-order valence-corrected chi connectivity index (χ2v) is 5.13. The molecule has 0 aromatic heterocycles. The van der Waals surface area contributed by atoms with Crippen molar-refractivity contribution in [1.82, 2.24) is 5.32 Å². The van der Waals surface area contributed by atoms with Crippen LogP contribution in [0.4, 0.5) is 4.39 Å². The molecule has 1 aliphatic rings. The minimum absolute atomic E-state index is 0.0239. The van der Waals surface area contributed by atoms with Crippen LogP contribution in [0.1, 0.15) is 42.5 Å². The van der Waals surface area contributed by atoms with Crippen molar-refractivity contribution < 1.29 is 13.9 Å². The van der Waals surface area contributed by atoms with Crippen LogP contribution in [0.2, 0.25) is 5.02 Å². The monoisotopic (exact) mass is 285 g/mol. The number of hydrogen-bond donors (Lipinski definition) is 1. The highest BCUT2D eigenvalue weighted by molar-refractivity contribution is 6.35. The Morgan fingerprint density at radius 3 is 2.68 bits per heavy atom. The van der Waals surface area contributed by atoms with Gasteiger partial charge in [0.25, 0.3) is 5.91 Å². The zero-order chi connectivity index (χ0) is 13.8. The van der Waals surface area contributed by atoms with Crippen LogP contribution in [0.15, 0.2) is 12.1 Å². The zero-order valence-corrected chi connectivity index (χ0v) is 11.6. The average Bonchev–Trinajstić information content (AvgIpc) is 2.40. The summed E-state index contributed by atoms with van der Waals surface area (Å²) < 4.78 is 18.3. The van der Waals surface area contributed by atoms with Crippen molar-refractivity contribution in [2.45, 2.75) is 38.1 Å². The molecule has 0 bridgehead atoms. The van der Waals surface area contributed by atoms with Gasteiger partial charge >= 0.3 is 0 Å². The molecule has 1 aromatic carbocycles. The van der Waals surface area contributed by atoms with Gasteiger partial charge in [-0.25, -0.2) is 4.39 Å². The second kappa shape index (κ2) is 6.24. The maximum Gasteiger partial charge on any atom is 0.253 e. The fourth-order valence-corrected chi connectivity index (χ4v) is 2.72. The molecule has 0 unspecified atom stereocenters. The lowest BCUT2D eigenvalue weighted by molar-refractivity contribution is 0.0927. The Morgan fingerprint density at radius 1 is 1.37 bits per heavy atom. The Labute approximate surface area is 117 Å². The number of ether oxygens (including phenoxy) is 1. The van der Waals surface area contributed by atoms with E-state index in [2.05, 4.69) is 5.32 Å². The van der Waals surface area contributed by atoms with Gasteiger partial charge in [0.05, 0.1) is 17.7 Å². The van der Waals surface area contributed by atoms with Crippen LogP contribution >= 0.6 is 11.6 Å². The number of amides is 1. The molecule has 1 N–H and O–H groups in total. The molecule has 5 heteroatoms. The first-order valence-electron chi connectivity index (χ1n) is 6.46. The standard InChI is InChI=1S/C14H17ClFNO2/c1-19-13-11(16)8-7-10(12(13)15)14(18)17-9-5-3-2-4-6-9/h7-9H,2-6H2,1H3,(H,17,18). The third-order valence-corrected chi connectivity index (χ3v) is 3.81. The van der Waals surface area contributed by atoms with Gasteiger partial charge in [-0.15, -0.1) is 0 Å². The SMILES string of the molecule is COc1c(F)ccc(C(=O)NC2CCCCC2)c1Cl. The van der Waals surface area contributed by atoms with Crippen molar-refractivity contribution in [1.29, 1.82) is 0 Å². The highest BCUT2D eigenvalue weighted by atomic mass is 35.5. The van der Waals surface area contributed by atoms with Crippen LogP contribution in [-0.2, 0) is 0 Å². The minimum Gasteiger partial charge on any atom is -0.492 e. The van der Waals surface area contributed by atoms with E-state index in [9.17, 15) is 9.18 Å². The largest absolute Gasteiger partial charge is 0.492 e. The molecule has 2 rings (SSSR count). The van der Waals surface area contributed by atoms with Gasteiger partial charge in [0.2, 0.25) is 0 Å². The molecule has 0 spiro atoms. The first-order chi connectivity index (χ1) is 9.13. The Bertz CT molecular complexity index is 473. The topological polar surface area (TPSA) is 38.3 Å². The summed E-state index contributed by atoms with van der Waals surface area (Å²) in [6.07, 6.45) is 5.46. The molecule has 0 heterocycles. The van der Waals surface area contributed by atoms with Gasteiger partial charge < -0.3 is 10.1 Å². The van der Waals surface area contributed by atoms with Crippen LogP contribution in [-0.4, -0.2) is 19.1 Å². The fraction of sp³-hybridized carbons (Fsp3) is 0.500. The zero-order valence-electron chi connectivity index (χ0n) is 10.8. The molecule has 19 heavy (non-hydrogen) atoms. The van der Waals surface area contributed by atoms with Crippen molar-refractivity contribution in [2.75, 3.05) is 7.11 Å².